The molecule has 0 saturated carbocycles. The molecule has 0 aromatic heterocycles. The van der Waals surface area contributed by atoms with E-state index >= 15 is 0 Å². The molecule has 0 aliphatic heterocycles. The Hall–Kier alpha value is -2.86. The highest BCUT2D eigenvalue weighted by Gasteiger charge is 2.16. The standard InChI is InChI=1S/C34H40/c1-4-9-33(27-11-7-6-8-12-27)25-34(10-5-2)32-23-21-31(22-24-32)30-19-17-29(18-20-30)28-15-13-26(3)14-16-28/h6-8,11-13,15-17,19-26,29,33H,4-5,9-10,14,18H2,1-3H3/b34-25+. The van der Waals surface area contributed by atoms with Gasteiger partial charge >= 0.3 is 0 Å². The first-order chi connectivity index (χ1) is 16.7. The van der Waals surface area contributed by atoms with Gasteiger partial charge < -0.3 is 0 Å². The molecule has 0 bridgehead atoms. The lowest BCUT2D eigenvalue weighted by atomic mass is 9.84. The van der Waals surface area contributed by atoms with Crippen molar-refractivity contribution in [2.75, 3.05) is 0 Å². The average molecular weight is 449 g/mol. The lowest BCUT2D eigenvalue weighted by Crippen LogP contribution is -2.05. The highest BCUT2D eigenvalue weighted by molar-refractivity contribution is 5.77. The van der Waals surface area contributed by atoms with Crippen molar-refractivity contribution in [3.63, 3.8) is 0 Å². The highest BCUT2D eigenvalue weighted by Crippen LogP contribution is 2.33. The summed E-state index contributed by atoms with van der Waals surface area (Å²) < 4.78 is 0. The van der Waals surface area contributed by atoms with Crippen LogP contribution in [-0.4, -0.2) is 0 Å². The molecular weight excluding hydrogens is 408 g/mol. The van der Waals surface area contributed by atoms with E-state index in [-0.39, 0.29) is 0 Å². The number of hydrogen-bond acceptors (Lipinski definition) is 0. The molecule has 176 valence electrons. The molecule has 0 nitrogen and oxygen atoms in total. The Morgan fingerprint density at radius 1 is 0.882 bits per heavy atom. The van der Waals surface area contributed by atoms with Gasteiger partial charge in [0.2, 0.25) is 0 Å². The van der Waals surface area contributed by atoms with Crippen molar-refractivity contribution in [1.82, 2.24) is 0 Å². The molecule has 2 aromatic rings. The van der Waals surface area contributed by atoms with Crippen LogP contribution >= 0.6 is 0 Å². The maximum absolute atomic E-state index is 2.54. The summed E-state index contributed by atoms with van der Waals surface area (Å²) in [6.07, 6.45) is 23.7. The van der Waals surface area contributed by atoms with Gasteiger partial charge in [-0.25, -0.2) is 0 Å². The Labute approximate surface area is 207 Å². The van der Waals surface area contributed by atoms with Crippen LogP contribution in [0.1, 0.15) is 81.9 Å². The van der Waals surface area contributed by atoms with Crippen molar-refractivity contribution in [1.29, 1.82) is 0 Å². The highest BCUT2D eigenvalue weighted by atomic mass is 14.2. The molecule has 0 heteroatoms. The predicted molar refractivity (Wildman–Crippen MR) is 150 cm³/mol. The van der Waals surface area contributed by atoms with Crippen molar-refractivity contribution >= 4 is 11.1 Å². The molecule has 4 rings (SSSR count). The van der Waals surface area contributed by atoms with Crippen LogP contribution in [0.4, 0.5) is 0 Å². The monoisotopic (exact) mass is 448 g/mol. The van der Waals surface area contributed by atoms with Crippen molar-refractivity contribution < 1.29 is 0 Å². The van der Waals surface area contributed by atoms with E-state index < -0.39 is 0 Å². The maximum atomic E-state index is 2.54. The summed E-state index contributed by atoms with van der Waals surface area (Å²) in [4.78, 5) is 0. The first-order valence-corrected chi connectivity index (χ1v) is 13.3. The van der Waals surface area contributed by atoms with Crippen LogP contribution in [0.25, 0.3) is 11.1 Å². The molecule has 2 aliphatic rings. The van der Waals surface area contributed by atoms with Gasteiger partial charge in [-0.1, -0.05) is 131 Å². The minimum absolute atomic E-state index is 0.486. The topological polar surface area (TPSA) is 0 Å². The molecule has 0 fully saturated rings. The third-order valence-corrected chi connectivity index (χ3v) is 7.21. The van der Waals surface area contributed by atoms with E-state index in [9.17, 15) is 0 Å². The summed E-state index contributed by atoms with van der Waals surface area (Å²) in [6.45, 7) is 6.86. The molecule has 2 aliphatic carbocycles. The number of benzene rings is 2. The number of rotatable bonds is 9. The normalized spacial score (nSPS) is 21.2. The van der Waals surface area contributed by atoms with Crippen LogP contribution < -0.4 is 0 Å². The minimum atomic E-state index is 0.486. The zero-order valence-corrected chi connectivity index (χ0v) is 21.2. The van der Waals surface area contributed by atoms with Crippen LogP contribution in [-0.2, 0) is 0 Å². The zero-order chi connectivity index (χ0) is 23.8. The van der Waals surface area contributed by atoms with Gasteiger partial charge in [-0.3, -0.25) is 0 Å². The Morgan fingerprint density at radius 3 is 2.29 bits per heavy atom. The minimum Gasteiger partial charge on any atom is -0.0811 e. The van der Waals surface area contributed by atoms with Crippen molar-refractivity contribution in [3.05, 3.63) is 119 Å². The molecule has 0 N–H and O–H groups in total. The van der Waals surface area contributed by atoms with Gasteiger partial charge in [-0.2, -0.15) is 0 Å². The van der Waals surface area contributed by atoms with Gasteiger partial charge in [0.25, 0.3) is 0 Å². The van der Waals surface area contributed by atoms with Gasteiger partial charge in [0.1, 0.15) is 0 Å². The molecule has 3 unspecified atom stereocenters. The van der Waals surface area contributed by atoms with Gasteiger partial charge in [-0.15, -0.1) is 0 Å². The fourth-order valence-corrected chi connectivity index (χ4v) is 5.17. The van der Waals surface area contributed by atoms with Crippen LogP contribution in [0, 0.1) is 11.8 Å². The van der Waals surface area contributed by atoms with Crippen LogP contribution in [0.15, 0.2) is 103 Å². The molecule has 3 atom stereocenters. The second kappa shape index (κ2) is 12.0. The Kier molecular flexibility index (Phi) is 8.58. The third-order valence-electron chi connectivity index (χ3n) is 7.21. The summed E-state index contributed by atoms with van der Waals surface area (Å²) in [5.74, 6) is 1.69. The van der Waals surface area contributed by atoms with E-state index in [0.717, 1.165) is 12.8 Å². The lowest BCUT2D eigenvalue weighted by molar-refractivity contribution is 0.699. The van der Waals surface area contributed by atoms with E-state index in [4.69, 9.17) is 0 Å². The van der Waals surface area contributed by atoms with Crippen molar-refractivity contribution in [3.8, 4) is 0 Å². The Morgan fingerprint density at radius 2 is 1.68 bits per heavy atom. The van der Waals surface area contributed by atoms with Gasteiger partial charge in [-0.05, 0) is 65.0 Å². The fourth-order valence-electron chi connectivity index (χ4n) is 5.17. The van der Waals surface area contributed by atoms with E-state index in [1.165, 1.54) is 59.1 Å². The van der Waals surface area contributed by atoms with E-state index in [1.54, 1.807) is 0 Å². The maximum Gasteiger partial charge on any atom is 0.00528 e. The first kappa shape index (κ1) is 24.3. The van der Waals surface area contributed by atoms with Gasteiger partial charge in [0, 0.05) is 11.8 Å². The smallest absolute Gasteiger partial charge is 0.00528 e. The Bertz CT molecular complexity index is 1070. The molecule has 0 amide bonds. The quantitative estimate of drug-likeness (QED) is 0.358. The van der Waals surface area contributed by atoms with Crippen LogP contribution in [0.3, 0.4) is 0 Å². The largest absolute Gasteiger partial charge is 0.0811 e. The average Bonchev–Trinajstić information content (AvgIpc) is 2.89. The SMILES string of the molecule is CCC/C(=C\C(CCC)c1ccccc1)c1ccc(C2=CCC(C3=CCC(C)C=C3)C=C2)cc1. The molecule has 0 spiro atoms. The number of hydrogen-bond donors (Lipinski definition) is 0. The second-order valence-electron chi connectivity index (χ2n) is 9.96. The van der Waals surface area contributed by atoms with Gasteiger partial charge in [0.15, 0.2) is 0 Å². The molecule has 0 saturated heterocycles. The summed E-state index contributed by atoms with van der Waals surface area (Å²) in [5.41, 5.74) is 8.44. The van der Waals surface area contributed by atoms with E-state index in [2.05, 4.69) is 118 Å². The number of allylic oxidation sites excluding steroid dienone is 10. The molecular formula is C34H40. The van der Waals surface area contributed by atoms with E-state index in [1.807, 2.05) is 0 Å². The molecule has 34 heavy (non-hydrogen) atoms. The molecule has 0 heterocycles. The summed E-state index contributed by atoms with van der Waals surface area (Å²) in [5, 5.41) is 0. The predicted octanol–water partition coefficient (Wildman–Crippen LogP) is 9.94. The van der Waals surface area contributed by atoms with Crippen molar-refractivity contribution in [2.45, 2.75) is 65.2 Å². The molecule has 0 radical (unpaired) electrons. The Balaban J connectivity index is 1.49. The summed E-state index contributed by atoms with van der Waals surface area (Å²) >= 11 is 0. The fraction of sp³-hybridized carbons (Fsp3) is 0.353. The lowest BCUT2D eigenvalue weighted by Gasteiger charge is -2.21. The van der Waals surface area contributed by atoms with Gasteiger partial charge in [0.05, 0.1) is 0 Å². The molecule has 2 aromatic carbocycles. The third kappa shape index (κ3) is 6.17. The summed E-state index contributed by atoms with van der Waals surface area (Å²) in [7, 11) is 0. The summed E-state index contributed by atoms with van der Waals surface area (Å²) in [6, 6.07) is 20.3. The van der Waals surface area contributed by atoms with Crippen LogP contribution in [0.2, 0.25) is 0 Å². The first-order valence-electron chi connectivity index (χ1n) is 13.3. The zero-order valence-electron chi connectivity index (χ0n) is 21.2. The second-order valence-corrected chi connectivity index (χ2v) is 9.96. The van der Waals surface area contributed by atoms with Crippen molar-refractivity contribution in [2.24, 2.45) is 11.8 Å². The van der Waals surface area contributed by atoms with Crippen LogP contribution in [0.5, 0.6) is 0 Å². The van der Waals surface area contributed by atoms with E-state index in [0.29, 0.717) is 17.8 Å².